The van der Waals surface area contributed by atoms with Crippen molar-refractivity contribution in [2.24, 2.45) is 5.92 Å². The van der Waals surface area contributed by atoms with Gasteiger partial charge in [-0.05, 0) is 48.4 Å². The first-order valence-corrected chi connectivity index (χ1v) is 9.46. The van der Waals surface area contributed by atoms with Crippen molar-refractivity contribution in [2.45, 2.75) is 52.4 Å². The first kappa shape index (κ1) is 18.8. The molecule has 0 amide bonds. The van der Waals surface area contributed by atoms with Gasteiger partial charge in [0.25, 0.3) is 0 Å². The summed E-state index contributed by atoms with van der Waals surface area (Å²) in [7, 11) is 0. The second-order valence-corrected chi connectivity index (χ2v) is 7.76. The summed E-state index contributed by atoms with van der Waals surface area (Å²) in [6.07, 6.45) is 13.3. The molecule has 2 aliphatic rings. The molecule has 1 fully saturated rings. The van der Waals surface area contributed by atoms with Gasteiger partial charge in [-0.25, -0.2) is 0 Å². The number of aryl methyl sites for hydroxylation is 2. The Hall–Kier alpha value is -0.937. The van der Waals surface area contributed by atoms with Crippen LogP contribution in [0.1, 0.15) is 60.8 Å². The van der Waals surface area contributed by atoms with Gasteiger partial charge in [-0.1, -0.05) is 91.3 Å². The number of hydrogen-bond acceptors (Lipinski definition) is 0. The Morgan fingerprint density at radius 3 is 2.36 bits per heavy atom. The van der Waals surface area contributed by atoms with Gasteiger partial charge in [0, 0.05) is 32.6 Å². The maximum atomic E-state index is 2.46. The minimum atomic E-state index is 0. The summed E-state index contributed by atoms with van der Waals surface area (Å²) in [6, 6.07) is 13.6. The van der Waals surface area contributed by atoms with Crippen LogP contribution in [-0.2, 0) is 26.2 Å². The Morgan fingerprint density at radius 1 is 0.920 bits per heavy atom. The average molecular weight is 407 g/mol. The molecule has 4 rings (SSSR count). The predicted octanol–water partition coefficient (Wildman–Crippen LogP) is 6.89. The van der Waals surface area contributed by atoms with E-state index in [4.69, 9.17) is 0 Å². The van der Waals surface area contributed by atoms with Crippen LogP contribution in [-0.4, -0.2) is 0 Å². The molecule has 0 N–H and O–H groups in total. The van der Waals surface area contributed by atoms with Gasteiger partial charge in [-0.15, -0.1) is 0 Å². The molecule has 1 radical (unpaired) electrons. The van der Waals surface area contributed by atoms with Crippen molar-refractivity contribution >= 4 is 6.08 Å². The average Bonchev–Trinajstić information content (AvgIpc) is 2.97. The second-order valence-electron chi connectivity index (χ2n) is 7.76. The normalized spacial score (nSPS) is 17.0. The zero-order valence-electron chi connectivity index (χ0n) is 15.4. The minimum absolute atomic E-state index is 0. The summed E-state index contributed by atoms with van der Waals surface area (Å²) in [5, 5.41) is 0. The third-order valence-corrected chi connectivity index (χ3v) is 5.59. The van der Waals surface area contributed by atoms with E-state index >= 15 is 0 Å². The molecule has 0 unspecified atom stereocenters. The second kappa shape index (κ2) is 8.17. The summed E-state index contributed by atoms with van der Waals surface area (Å²) in [4.78, 5) is 0. The van der Waals surface area contributed by atoms with Gasteiger partial charge in [0.15, 0.2) is 0 Å². The molecular formula is C24H27Zr. The van der Waals surface area contributed by atoms with Crippen LogP contribution in [0.4, 0.5) is 0 Å². The van der Waals surface area contributed by atoms with E-state index < -0.39 is 0 Å². The number of fused-ring (bicyclic) bond motifs is 1. The third-order valence-electron chi connectivity index (χ3n) is 5.59. The summed E-state index contributed by atoms with van der Waals surface area (Å²) < 4.78 is 0. The Bertz CT molecular complexity index is 758. The molecule has 127 valence electrons. The van der Waals surface area contributed by atoms with Crippen LogP contribution in [0.15, 0.2) is 42.0 Å². The van der Waals surface area contributed by atoms with Crippen molar-refractivity contribution in [1.29, 1.82) is 0 Å². The molecule has 0 aromatic heterocycles. The summed E-state index contributed by atoms with van der Waals surface area (Å²) in [5.41, 5.74) is 9.79. The van der Waals surface area contributed by atoms with Gasteiger partial charge in [0.1, 0.15) is 0 Å². The van der Waals surface area contributed by atoms with Gasteiger partial charge in [-0.3, -0.25) is 0 Å². The number of hydrogen-bond donors (Lipinski definition) is 0. The molecule has 0 heterocycles. The molecule has 2 aromatic carbocycles. The van der Waals surface area contributed by atoms with E-state index in [1.165, 1.54) is 77.5 Å². The van der Waals surface area contributed by atoms with E-state index in [0.29, 0.717) is 0 Å². The standard InChI is InChI=1S/C24H27.Zr/c1-17-11-18(2)13-22(12-17)23-10-6-9-21-15-20(16-24(21)23)14-19-7-4-3-5-8-19;/h6,9-13,15-16,19H,3-5,7-8,14H2,1-2H3;. The predicted molar refractivity (Wildman–Crippen MR) is 104 cm³/mol. The zero-order chi connectivity index (χ0) is 16.5. The summed E-state index contributed by atoms with van der Waals surface area (Å²) in [6.45, 7) is 4.38. The fourth-order valence-corrected chi connectivity index (χ4v) is 4.52. The quantitative estimate of drug-likeness (QED) is 0.521. The molecule has 0 nitrogen and oxygen atoms in total. The van der Waals surface area contributed by atoms with E-state index in [1.807, 2.05) is 0 Å². The molecule has 0 saturated heterocycles. The van der Waals surface area contributed by atoms with E-state index in [0.717, 1.165) is 5.92 Å². The summed E-state index contributed by atoms with van der Waals surface area (Å²) in [5.74, 6) is 0.903. The van der Waals surface area contributed by atoms with Crippen LogP contribution in [0.2, 0.25) is 0 Å². The largest absolute Gasteiger partial charge is 0.0613 e. The van der Waals surface area contributed by atoms with Crippen molar-refractivity contribution in [2.75, 3.05) is 0 Å². The van der Waals surface area contributed by atoms with Crippen molar-refractivity contribution in [3.05, 3.63) is 70.6 Å². The Balaban J connectivity index is 0.00000182. The number of allylic oxidation sites excluding steroid dienone is 1. The van der Waals surface area contributed by atoms with Crippen LogP contribution in [0.25, 0.3) is 17.2 Å². The van der Waals surface area contributed by atoms with Crippen molar-refractivity contribution in [1.82, 2.24) is 0 Å². The van der Waals surface area contributed by atoms with Gasteiger partial charge in [0.2, 0.25) is 0 Å². The van der Waals surface area contributed by atoms with Gasteiger partial charge < -0.3 is 0 Å². The molecule has 0 aliphatic heterocycles. The molecule has 0 atom stereocenters. The SMILES string of the molecule is Cc1cc(C)cc(-c2cccc3c2C=C(CC2CCCCC2)[CH]3)c1.[Zr]. The van der Waals surface area contributed by atoms with Crippen molar-refractivity contribution in [3.8, 4) is 11.1 Å². The molecule has 0 bridgehead atoms. The Labute approximate surface area is 171 Å². The van der Waals surface area contributed by atoms with Crippen LogP contribution in [0.5, 0.6) is 0 Å². The molecule has 0 spiro atoms. The number of benzene rings is 2. The van der Waals surface area contributed by atoms with Gasteiger partial charge >= 0.3 is 0 Å². The van der Waals surface area contributed by atoms with Crippen LogP contribution in [0.3, 0.4) is 0 Å². The molecular weight excluding hydrogens is 379 g/mol. The molecule has 2 aromatic rings. The van der Waals surface area contributed by atoms with E-state index in [-0.39, 0.29) is 26.2 Å². The maximum Gasteiger partial charge on any atom is 0.0164 e. The Kier molecular flexibility index (Phi) is 6.16. The topological polar surface area (TPSA) is 0 Å². The maximum absolute atomic E-state index is 2.46. The summed E-state index contributed by atoms with van der Waals surface area (Å²) >= 11 is 0. The smallest absolute Gasteiger partial charge is 0.0164 e. The fraction of sp³-hybridized carbons (Fsp3) is 0.375. The van der Waals surface area contributed by atoms with Crippen LogP contribution < -0.4 is 0 Å². The molecule has 1 saturated carbocycles. The molecule has 1 heteroatoms. The first-order valence-electron chi connectivity index (χ1n) is 9.46. The number of rotatable bonds is 3. The zero-order valence-corrected chi connectivity index (χ0v) is 17.9. The first-order chi connectivity index (χ1) is 11.7. The fourth-order valence-electron chi connectivity index (χ4n) is 4.52. The van der Waals surface area contributed by atoms with E-state index in [2.05, 4.69) is 62.7 Å². The third kappa shape index (κ3) is 4.25. The van der Waals surface area contributed by atoms with Gasteiger partial charge in [0.05, 0.1) is 0 Å². The van der Waals surface area contributed by atoms with Gasteiger partial charge in [-0.2, -0.15) is 0 Å². The van der Waals surface area contributed by atoms with Crippen LogP contribution in [0, 0.1) is 26.2 Å². The monoisotopic (exact) mass is 405 g/mol. The minimum Gasteiger partial charge on any atom is -0.0613 e. The van der Waals surface area contributed by atoms with Crippen LogP contribution >= 0.6 is 0 Å². The van der Waals surface area contributed by atoms with Crippen molar-refractivity contribution in [3.63, 3.8) is 0 Å². The van der Waals surface area contributed by atoms with E-state index in [9.17, 15) is 0 Å². The van der Waals surface area contributed by atoms with Crippen molar-refractivity contribution < 1.29 is 26.2 Å². The van der Waals surface area contributed by atoms with E-state index in [1.54, 1.807) is 0 Å². The Morgan fingerprint density at radius 2 is 1.64 bits per heavy atom. The molecule has 2 aliphatic carbocycles. The molecule has 25 heavy (non-hydrogen) atoms.